The van der Waals surface area contributed by atoms with Gasteiger partial charge in [-0.25, -0.2) is 0 Å². The van der Waals surface area contributed by atoms with Crippen LogP contribution in [0.2, 0.25) is 0 Å². The molecule has 0 saturated heterocycles. The Labute approximate surface area is 301 Å². The lowest BCUT2D eigenvalue weighted by Crippen LogP contribution is -2.23. The molecular formula is C49H33NO2. The topological polar surface area (TPSA) is 27.3 Å². The highest BCUT2D eigenvalue weighted by atomic mass is 16.5. The summed E-state index contributed by atoms with van der Waals surface area (Å²) in [7, 11) is 0. The van der Waals surface area contributed by atoms with Crippen LogP contribution >= 0.6 is 0 Å². The van der Waals surface area contributed by atoms with Crippen LogP contribution in [-0.2, 0) is 5.41 Å². The second-order valence-electron chi connectivity index (χ2n) is 14.3. The minimum absolute atomic E-state index is 0.127. The van der Waals surface area contributed by atoms with Gasteiger partial charge in [-0.2, -0.15) is 0 Å². The van der Waals surface area contributed by atoms with Crippen LogP contribution < -0.4 is 4.74 Å². The maximum absolute atomic E-state index is 6.40. The summed E-state index contributed by atoms with van der Waals surface area (Å²) in [6.07, 6.45) is 5.48. The van der Waals surface area contributed by atoms with E-state index < -0.39 is 0 Å². The molecule has 52 heavy (non-hydrogen) atoms. The minimum Gasteiger partial charge on any atom is -0.460 e. The van der Waals surface area contributed by atoms with Gasteiger partial charge >= 0.3 is 0 Å². The second kappa shape index (κ2) is 11.0. The molecule has 7 aromatic carbocycles. The van der Waals surface area contributed by atoms with E-state index in [0.717, 1.165) is 51.1 Å². The van der Waals surface area contributed by atoms with Crippen LogP contribution in [0.4, 0.5) is 0 Å². The summed E-state index contributed by atoms with van der Waals surface area (Å²) in [6.45, 7) is 2.28. The molecule has 9 aromatic rings. The molecule has 0 bridgehead atoms. The summed E-state index contributed by atoms with van der Waals surface area (Å²) in [6, 6.07) is 56.6. The third kappa shape index (κ3) is 4.32. The van der Waals surface area contributed by atoms with E-state index in [0.29, 0.717) is 0 Å². The van der Waals surface area contributed by atoms with Crippen LogP contribution in [0.25, 0.3) is 77.3 Å². The Bertz CT molecular complexity index is 2960. The second-order valence-corrected chi connectivity index (χ2v) is 14.3. The minimum atomic E-state index is -0.127. The fourth-order valence-electron chi connectivity index (χ4n) is 8.49. The van der Waals surface area contributed by atoms with E-state index in [2.05, 4.69) is 175 Å². The van der Waals surface area contributed by atoms with E-state index in [1.54, 1.807) is 0 Å². The molecule has 0 radical (unpaired) electrons. The van der Waals surface area contributed by atoms with E-state index in [4.69, 9.17) is 9.15 Å². The van der Waals surface area contributed by atoms with Crippen LogP contribution in [0.1, 0.15) is 24.5 Å². The number of fused-ring (bicyclic) bond motifs is 9. The maximum atomic E-state index is 6.40. The number of benzene rings is 7. The van der Waals surface area contributed by atoms with Gasteiger partial charge in [0.25, 0.3) is 0 Å². The molecule has 3 heteroatoms. The van der Waals surface area contributed by atoms with Gasteiger partial charge in [0.2, 0.25) is 0 Å². The van der Waals surface area contributed by atoms with Crippen molar-refractivity contribution in [2.45, 2.75) is 18.8 Å². The average molecular weight is 668 g/mol. The maximum Gasteiger partial charge on any atom is 0.135 e. The zero-order valence-corrected chi connectivity index (χ0v) is 28.6. The highest BCUT2D eigenvalue weighted by Gasteiger charge is 2.42. The summed E-state index contributed by atoms with van der Waals surface area (Å²) in [5, 5.41) is 4.69. The predicted octanol–water partition coefficient (Wildman–Crippen LogP) is 13.0. The number of aromatic nitrogens is 1. The Hall–Kier alpha value is -6.58. The first-order chi connectivity index (χ1) is 25.6. The lowest BCUT2D eigenvalue weighted by atomic mass is 9.75. The van der Waals surface area contributed by atoms with E-state index in [-0.39, 0.29) is 5.41 Å². The zero-order chi connectivity index (χ0) is 34.4. The number of rotatable bonds is 4. The Balaban J connectivity index is 0.996. The standard InChI is InChI=1S/C49H33NO2/c1-49-26-25-36(29-48(49)52-47-14-8-6-12-42(47)49)35-20-23-45-40(28-35)41-30-37(21-24-46(41)51-45)50-43-13-7-5-11-38(43)39-27-34(19-22-44(39)50)33-17-15-32(16-18-33)31-9-3-2-4-10-31/h2-25,27-30H,26H2,1H3. The van der Waals surface area contributed by atoms with Crippen molar-refractivity contribution in [1.29, 1.82) is 0 Å². The van der Waals surface area contributed by atoms with Gasteiger partial charge in [0, 0.05) is 32.8 Å². The van der Waals surface area contributed by atoms with Crippen LogP contribution in [0, 0.1) is 0 Å². The monoisotopic (exact) mass is 667 g/mol. The first kappa shape index (κ1) is 29.2. The summed E-state index contributed by atoms with van der Waals surface area (Å²) >= 11 is 0. The van der Waals surface area contributed by atoms with Crippen molar-refractivity contribution in [3.8, 4) is 33.7 Å². The zero-order valence-electron chi connectivity index (χ0n) is 28.6. The molecule has 1 unspecified atom stereocenters. The third-order valence-electron chi connectivity index (χ3n) is 11.3. The molecule has 2 aliphatic rings. The molecule has 0 saturated carbocycles. The SMILES string of the molecule is CC12CC=C(c3ccc4oc5ccc(-n6c7ccccc7c7cc(-c8ccc(-c9ccccc9)cc8)ccc76)cc5c4c3)C=C1Oc1ccccc12. The van der Waals surface area contributed by atoms with E-state index in [9.17, 15) is 0 Å². The van der Waals surface area contributed by atoms with Crippen LogP contribution in [-0.4, -0.2) is 4.57 Å². The molecule has 0 fully saturated rings. The van der Waals surface area contributed by atoms with E-state index in [1.165, 1.54) is 55.2 Å². The van der Waals surface area contributed by atoms with E-state index in [1.807, 2.05) is 6.07 Å². The van der Waals surface area contributed by atoms with Crippen molar-refractivity contribution < 1.29 is 9.15 Å². The highest BCUT2D eigenvalue weighted by molar-refractivity contribution is 6.12. The van der Waals surface area contributed by atoms with Crippen molar-refractivity contribution in [2.75, 3.05) is 0 Å². The normalized spacial score (nSPS) is 16.6. The molecule has 246 valence electrons. The fourth-order valence-corrected chi connectivity index (χ4v) is 8.49. The Morgan fingerprint density at radius 1 is 0.519 bits per heavy atom. The van der Waals surface area contributed by atoms with Crippen molar-refractivity contribution in [3.05, 3.63) is 187 Å². The van der Waals surface area contributed by atoms with Gasteiger partial charge in [0.1, 0.15) is 22.7 Å². The predicted molar refractivity (Wildman–Crippen MR) is 214 cm³/mol. The molecule has 1 atom stereocenters. The van der Waals surface area contributed by atoms with Crippen LogP contribution in [0.5, 0.6) is 5.75 Å². The molecule has 1 aliphatic heterocycles. The van der Waals surface area contributed by atoms with Gasteiger partial charge in [-0.3, -0.25) is 0 Å². The largest absolute Gasteiger partial charge is 0.460 e. The smallest absolute Gasteiger partial charge is 0.135 e. The van der Waals surface area contributed by atoms with Crippen LogP contribution in [0.15, 0.2) is 180 Å². The molecule has 0 amide bonds. The van der Waals surface area contributed by atoms with Crippen molar-refractivity contribution >= 4 is 49.3 Å². The molecule has 11 rings (SSSR count). The van der Waals surface area contributed by atoms with Gasteiger partial charge in [-0.05, 0) is 107 Å². The molecule has 0 spiro atoms. The number of allylic oxidation sites excluding steroid dienone is 4. The highest BCUT2D eigenvalue weighted by Crippen LogP contribution is 2.51. The number of hydrogen-bond donors (Lipinski definition) is 0. The Morgan fingerprint density at radius 2 is 1.15 bits per heavy atom. The number of ether oxygens (including phenoxy) is 1. The summed E-state index contributed by atoms with van der Waals surface area (Å²) < 4.78 is 15.2. The number of furan rings is 1. The van der Waals surface area contributed by atoms with Gasteiger partial charge in [0.05, 0.1) is 16.4 Å². The molecule has 2 aromatic heterocycles. The summed E-state index contributed by atoms with van der Waals surface area (Å²) in [5.74, 6) is 1.98. The van der Waals surface area contributed by atoms with Crippen molar-refractivity contribution in [3.63, 3.8) is 0 Å². The van der Waals surface area contributed by atoms with Gasteiger partial charge in [-0.15, -0.1) is 0 Å². The first-order valence-corrected chi connectivity index (χ1v) is 18.0. The first-order valence-electron chi connectivity index (χ1n) is 18.0. The molecule has 1 aliphatic carbocycles. The van der Waals surface area contributed by atoms with Crippen molar-refractivity contribution in [1.82, 2.24) is 4.57 Å². The number of nitrogens with zero attached hydrogens (tertiary/aromatic N) is 1. The van der Waals surface area contributed by atoms with Gasteiger partial charge < -0.3 is 13.7 Å². The number of para-hydroxylation sites is 2. The van der Waals surface area contributed by atoms with Gasteiger partial charge in [-0.1, -0.05) is 109 Å². The average Bonchev–Trinajstić information content (AvgIpc) is 3.84. The lowest BCUT2D eigenvalue weighted by Gasteiger charge is -2.27. The van der Waals surface area contributed by atoms with Crippen LogP contribution in [0.3, 0.4) is 0 Å². The third-order valence-corrected chi connectivity index (χ3v) is 11.3. The van der Waals surface area contributed by atoms with E-state index >= 15 is 0 Å². The quantitative estimate of drug-likeness (QED) is 0.187. The summed E-state index contributed by atoms with van der Waals surface area (Å²) in [5.41, 5.74) is 13.6. The summed E-state index contributed by atoms with van der Waals surface area (Å²) in [4.78, 5) is 0. The molecule has 3 heterocycles. The molecule has 0 N–H and O–H groups in total. The molecular weight excluding hydrogens is 635 g/mol. The Kier molecular flexibility index (Phi) is 6.15. The molecule has 3 nitrogen and oxygen atoms in total. The lowest BCUT2D eigenvalue weighted by molar-refractivity contribution is 0.378. The Morgan fingerprint density at radius 3 is 2.02 bits per heavy atom. The van der Waals surface area contributed by atoms with Gasteiger partial charge in [0.15, 0.2) is 0 Å². The fraction of sp³-hybridized carbons (Fsp3) is 0.0612. The number of hydrogen-bond acceptors (Lipinski definition) is 2. The van der Waals surface area contributed by atoms with Crippen molar-refractivity contribution in [2.24, 2.45) is 0 Å².